The van der Waals surface area contributed by atoms with Crippen LogP contribution in [0.15, 0.2) is 78.9 Å². The summed E-state index contributed by atoms with van der Waals surface area (Å²) in [5.74, 6) is 0.0692. The normalized spacial score (nSPS) is 17.5. The van der Waals surface area contributed by atoms with Crippen molar-refractivity contribution in [2.24, 2.45) is 0 Å². The van der Waals surface area contributed by atoms with E-state index in [1.165, 1.54) is 5.56 Å². The number of carbonyl (C=O) groups is 2. The molecule has 1 N–H and O–H groups in total. The second kappa shape index (κ2) is 12.2. The van der Waals surface area contributed by atoms with E-state index in [-0.39, 0.29) is 18.0 Å². The molecule has 0 spiro atoms. The fourth-order valence-corrected chi connectivity index (χ4v) is 5.27. The Morgan fingerprint density at radius 1 is 0.947 bits per heavy atom. The molecule has 2 amide bonds. The van der Waals surface area contributed by atoms with Gasteiger partial charge in [0, 0.05) is 74.9 Å². The number of hydrogen-bond acceptors (Lipinski definition) is 5. The number of benzene rings is 3. The smallest absolute Gasteiger partial charge is 0.256 e. The minimum Gasteiger partial charge on any atom is -0.382 e. The molecule has 3 aromatic rings. The molecule has 2 aliphatic heterocycles. The van der Waals surface area contributed by atoms with Crippen molar-refractivity contribution in [3.05, 3.63) is 101 Å². The molecule has 38 heavy (non-hydrogen) atoms. The predicted octanol–water partition coefficient (Wildman–Crippen LogP) is 4.64. The molecule has 7 nitrogen and oxygen atoms in total. The maximum Gasteiger partial charge on any atom is 0.256 e. The lowest BCUT2D eigenvalue weighted by molar-refractivity contribution is 0.0627. The van der Waals surface area contributed by atoms with Gasteiger partial charge in [-0.2, -0.15) is 0 Å². The summed E-state index contributed by atoms with van der Waals surface area (Å²) in [6, 6.07) is 25.8. The topological polar surface area (TPSA) is 65.1 Å². The van der Waals surface area contributed by atoms with E-state index in [0.29, 0.717) is 38.4 Å². The molecule has 1 saturated heterocycles. The van der Waals surface area contributed by atoms with Gasteiger partial charge in [-0.1, -0.05) is 54.6 Å². The molecule has 5 rings (SSSR count). The molecular formula is C31H36N4O3. The van der Waals surface area contributed by atoms with Crippen molar-refractivity contribution in [2.45, 2.75) is 26.1 Å². The maximum atomic E-state index is 13.4. The fraction of sp³-hybridized carbons (Fsp3) is 0.355. The molecule has 3 aromatic carbocycles. The summed E-state index contributed by atoms with van der Waals surface area (Å²) in [4.78, 5) is 32.7. The van der Waals surface area contributed by atoms with Crippen LogP contribution in [-0.2, 0) is 11.3 Å². The van der Waals surface area contributed by atoms with Gasteiger partial charge in [-0.15, -0.1) is 0 Å². The SMILES string of the molecule is CCOCCCN1C(=O)c2ccccc2C1Nc1cccc(C(=O)N2CCN(Cc3ccccc3)CC2)c1. The fourth-order valence-electron chi connectivity index (χ4n) is 5.27. The van der Waals surface area contributed by atoms with Gasteiger partial charge in [0.15, 0.2) is 0 Å². The third kappa shape index (κ3) is 5.90. The van der Waals surface area contributed by atoms with Gasteiger partial charge in [0.1, 0.15) is 6.17 Å². The highest BCUT2D eigenvalue weighted by atomic mass is 16.5. The van der Waals surface area contributed by atoms with Crippen LogP contribution in [0.1, 0.15) is 51.4 Å². The van der Waals surface area contributed by atoms with Gasteiger partial charge >= 0.3 is 0 Å². The van der Waals surface area contributed by atoms with Crippen molar-refractivity contribution < 1.29 is 14.3 Å². The lowest BCUT2D eigenvalue weighted by Gasteiger charge is -2.35. The Morgan fingerprint density at radius 3 is 2.50 bits per heavy atom. The van der Waals surface area contributed by atoms with Crippen LogP contribution in [0.2, 0.25) is 0 Å². The molecule has 0 radical (unpaired) electrons. The number of nitrogens with one attached hydrogen (secondary N) is 1. The molecule has 198 valence electrons. The summed E-state index contributed by atoms with van der Waals surface area (Å²) in [6.45, 7) is 7.89. The highest BCUT2D eigenvalue weighted by molar-refractivity contribution is 5.99. The van der Waals surface area contributed by atoms with Gasteiger partial charge in [-0.05, 0) is 43.2 Å². The molecule has 0 bridgehead atoms. The van der Waals surface area contributed by atoms with E-state index in [9.17, 15) is 9.59 Å². The molecule has 0 aliphatic carbocycles. The number of anilines is 1. The Balaban J connectivity index is 1.24. The third-order valence-electron chi connectivity index (χ3n) is 7.27. The van der Waals surface area contributed by atoms with Crippen LogP contribution in [-0.4, -0.2) is 72.5 Å². The molecule has 2 aliphatic rings. The number of nitrogens with zero attached hydrogens (tertiary/aromatic N) is 3. The first-order chi connectivity index (χ1) is 18.6. The highest BCUT2D eigenvalue weighted by Gasteiger charge is 2.36. The van der Waals surface area contributed by atoms with Crippen LogP contribution in [0.25, 0.3) is 0 Å². The van der Waals surface area contributed by atoms with E-state index in [0.717, 1.165) is 42.9 Å². The van der Waals surface area contributed by atoms with E-state index < -0.39 is 0 Å². The Kier molecular flexibility index (Phi) is 8.36. The van der Waals surface area contributed by atoms with Crippen LogP contribution >= 0.6 is 0 Å². The van der Waals surface area contributed by atoms with Crippen LogP contribution < -0.4 is 5.32 Å². The van der Waals surface area contributed by atoms with Gasteiger partial charge in [0.25, 0.3) is 11.8 Å². The summed E-state index contributed by atoms with van der Waals surface area (Å²) < 4.78 is 5.49. The molecular weight excluding hydrogens is 476 g/mol. The molecule has 0 saturated carbocycles. The number of ether oxygens (including phenoxy) is 1. The number of amides is 2. The zero-order valence-corrected chi connectivity index (χ0v) is 22.0. The van der Waals surface area contributed by atoms with Crippen LogP contribution in [0.3, 0.4) is 0 Å². The van der Waals surface area contributed by atoms with Crippen molar-refractivity contribution >= 4 is 17.5 Å². The Hall–Kier alpha value is -3.68. The number of fused-ring (bicyclic) bond motifs is 1. The maximum absolute atomic E-state index is 13.4. The van der Waals surface area contributed by atoms with Gasteiger partial charge < -0.3 is 19.9 Å². The first-order valence-electron chi connectivity index (χ1n) is 13.5. The summed E-state index contributed by atoms with van der Waals surface area (Å²) in [5, 5.41) is 3.54. The first-order valence-corrected chi connectivity index (χ1v) is 13.5. The van der Waals surface area contributed by atoms with E-state index >= 15 is 0 Å². The number of hydrogen-bond donors (Lipinski definition) is 1. The lowest BCUT2D eigenvalue weighted by Crippen LogP contribution is -2.48. The molecule has 0 aromatic heterocycles. The Morgan fingerprint density at radius 2 is 1.71 bits per heavy atom. The highest BCUT2D eigenvalue weighted by Crippen LogP contribution is 2.34. The summed E-state index contributed by atoms with van der Waals surface area (Å²) in [7, 11) is 0. The summed E-state index contributed by atoms with van der Waals surface area (Å²) in [6.07, 6.45) is 0.479. The molecule has 7 heteroatoms. The van der Waals surface area contributed by atoms with Crippen molar-refractivity contribution in [1.82, 2.24) is 14.7 Å². The predicted molar refractivity (Wildman–Crippen MR) is 149 cm³/mol. The van der Waals surface area contributed by atoms with Gasteiger partial charge in [0.2, 0.25) is 0 Å². The second-order valence-electron chi connectivity index (χ2n) is 9.82. The zero-order valence-electron chi connectivity index (χ0n) is 22.0. The van der Waals surface area contributed by atoms with Crippen molar-refractivity contribution in [3.8, 4) is 0 Å². The van der Waals surface area contributed by atoms with E-state index in [1.54, 1.807) is 0 Å². The van der Waals surface area contributed by atoms with Crippen molar-refractivity contribution in [2.75, 3.05) is 51.3 Å². The van der Waals surface area contributed by atoms with E-state index in [1.807, 2.05) is 71.3 Å². The van der Waals surface area contributed by atoms with Crippen molar-refractivity contribution in [3.63, 3.8) is 0 Å². The molecule has 1 fully saturated rings. The molecule has 1 atom stereocenters. The number of carbonyl (C=O) groups excluding carboxylic acids is 2. The first kappa shape index (κ1) is 25.9. The van der Waals surface area contributed by atoms with E-state index in [4.69, 9.17) is 4.74 Å². The number of piperazine rings is 1. The summed E-state index contributed by atoms with van der Waals surface area (Å²) >= 11 is 0. The number of rotatable bonds is 10. The summed E-state index contributed by atoms with van der Waals surface area (Å²) in [5.41, 5.74) is 4.46. The van der Waals surface area contributed by atoms with Gasteiger partial charge in [-0.25, -0.2) is 0 Å². The van der Waals surface area contributed by atoms with Crippen LogP contribution in [0.4, 0.5) is 5.69 Å². The quantitative estimate of drug-likeness (QED) is 0.401. The zero-order chi connectivity index (χ0) is 26.3. The molecule has 1 unspecified atom stereocenters. The minimum atomic E-state index is -0.285. The molecule has 2 heterocycles. The Bertz CT molecular complexity index is 1240. The van der Waals surface area contributed by atoms with Gasteiger partial charge in [-0.3, -0.25) is 14.5 Å². The Labute approximate surface area is 225 Å². The van der Waals surface area contributed by atoms with E-state index in [2.05, 4.69) is 34.5 Å². The average molecular weight is 513 g/mol. The average Bonchev–Trinajstić information content (AvgIpc) is 3.22. The second-order valence-corrected chi connectivity index (χ2v) is 9.82. The standard InChI is InChI=1S/C31H36N4O3/c1-2-38-21-9-16-35-29(27-14-6-7-15-28(27)31(35)37)32-26-13-8-12-25(22-26)30(36)34-19-17-33(18-20-34)23-24-10-4-3-5-11-24/h3-8,10-15,22,29,32H,2,9,16-21,23H2,1H3. The minimum absolute atomic E-state index is 0.0233. The lowest BCUT2D eigenvalue weighted by atomic mass is 10.1. The largest absolute Gasteiger partial charge is 0.382 e. The van der Waals surface area contributed by atoms with Gasteiger partial charge in [0.05, 0.1) is 0 Å². The third-order valence-corrected chi connectivity index (χ3v) is 7.27. The van der Waals surface area contributed by atoms with Crippen molar-refractivity contribution in [1.29, 1.82) is 0 Å². The van der Waals surface area contributed by atoms with Crippen LogP contribution in [0.5, 0.6) is 0 Å². The van der Waals surface area contributed by atoms with Crippen LogP contribution in [0, 0.1) is 0 Å². The monoisotopic (exact) mass is 512 g/mol.